The van der Waals surface area contributed by atoms with E-state index in [1.807, 2.05) is 7.05 Å². The van der Waals surface area contributed by atoms with Gasteiger partial charge in [-0.3, -0.25) is 4.79 Å². The molecule has 0 saturated heterocycles. The highest BCUT2D eigenvalue weighted by molar-refractivity contribution is 6.40. The minimum Gasteiger partial charge on any atom is -0.481 e. The first kappa shape index (κ1) is 14.5. The summed E-state index contributed by atoms with van der Waals surface area (Å²) in [6.07, 6.45) is 4.66. The SMILES string of the molecule is CN[C@H]1CC[C@@](CCCCB(O)O)(C(=O)O)C1. The Hall–Kier alpha value is -0.585. The molecule has 0 heterocycles. The van der Waals surface area contributed by atoms with Crippen molar-refractivity contribution in [3.63, 3.8) is 0 Å². The Balaban J connectivity index is 2.42. The maximum atomic E-state index is 11.4. The van der Waals surface area contributed by atoms with Crippen molar-refractivity contribution in [1.29, 1.82) is 0 Å². The van der Waals surface area contributed by atoms with Gasteiger partial charge in [0.15, 0.2) is 0 Å². The molecule has 0 bridgehead atoms. The van der Waals surface area contributed by atoms with Gasteiger partial charge in [0, 0.05) is 6.04 Å². The second kappa shape index (κ2) is 6.38. The molecule has 1 aliphatic rings. The van der Waals surface area contributed by atoms with E-state index in [1.54, 1.807) is 0 Å². The zero-order valence-electron chi connectivity index (χ0n) is 10.4. The highest BCUT2D eigenvalue weighted by Gasteiger charge is 2.44. The molecule has 1 fully saturated rings. The van der Waals surface area contributed by atoms with Crippen molar-refractivity contribution in [3.05, 3.63) is 0 Å². The fourth-order valence-corrected chi connectivity index (χ4v) is 2.69. The Labute approximate surface area is 102 Å². The van der Waals surface area contributed by atoms with Crippen LogP contribution < -0.4 is 5.32 Å². The third kappa shape index (κ3) is 3.98. The maximum Gasteiger partial charge on any atom is 0.451 e. The molecule has 0 aromatic rings. The van der Waals surface area contributed by atoms with Crippen LogP contribution in [0.3, 0.4) is 0 Å². The number of rotatable bonds is 7. The predicted octanol–water partition coefficient (Wildman–Crippen LogP) is 0.472. The normalized spacial score (nSPS) is 28.3. The predicted molar refractivity (Wildman–Crippen MR) is 65.6 cm³/mol. The summed E-state index contributed by atoms with van der Waals surface area (Å²) in [6, 6.07) is 0.300. The molecule has 4 N–H and O–H groups in total. The largest absolute Gasteiger partial charge is 0.481 e. The molecule has 17 heavy (non-hydrogen) atoms. The monoisotopic (exact) mass is 243 g/mol. The molecule has 1 saturated carbocycles. The van der Waals surface area contributed by atoms with Crippen molar-refractivity contribution in [2.45, 2.75) is 50.9 Å². The summed E-state index contributed by atoms with van der Waals surface area (Å²) in [7, 11) is 0.592. The third-order valence-corrected chi connectivity index (χ3v) is 3.84. The van der Waals surface area contributed by atoms with E-state index in [4.69, 9.17) is 10.0 Å². The number of carboxylic acid groups (broad SMARTS) is 1. The first-order valence-corrected chi connectivity index (χ1v) is 6.27. The zero-order valence-corrected chi connectivity index (χ0v) is 10.4. The summed E-state index contributed by atoms with van der Waals surface area (Å²) >= 11 is 0. The molecule has 0 aliphatic heterocycles. The van der Waals surface area contributed by atoms with Gasteiger partial charge in [-0.05, 0) is 39.1 Å². The Bertz CT molecular complexity index is 262. The van der Waals surface area contributed by atoms with Gasteiger partial charge in [0.25, 0.3) is 0 Å². The van der Waals surface area contributed by atoms with Crippen LogP contribution in [0, 0.1) is 5.41 Å². The number of hydrogen-bond donors (Lipinski definition) is 4. The molecular weight excluding hydrogens is 221 g/mol. The first-order chi connectivity index (χ1) is 8.00. The number of carboxylic acids is 1. The van der Waals surface area contributed by atoms with Gasteiger partial charge < -0.3 is 20.5 Å². The van der Waals surface area contributed by atoms with Crippen molar-refractivity contribution in [2.75, 3.05) is 7.05 Å². The van der Waals surface area contributed by atoms with Crippen LogP contribution in [0.1, 0.15) is 38.5 Å². The molecule has 0 aromatic heterocycles. The van der Waals surface area contributed by atoms with E-state index in [0.717, 1.165) is 19.3 Å². The second-order valence-electron chi connectivity index (χ2n) is 5.04. The summed E-state index contributed by atoms with van der Waals surface area (Å²) in [4.78, 5) is 11.4. The molecule has 5 nitrogen and oxygen atoms in total. The Kier molecular flexibility index (Phi) is 5.43. The van der Waals surface area contributed by atoms with Crippen LogP contribution in [0.4, 0.5) is 0 Å². The minimum absolute atomic E-state index is 0.300. The number of carbonyl (C=O) groups is 1. The lowest BCUT2D eigenvalue weighted by molar-refractivity contribution is -0.149. The highest BCUT2D eigenvalue weighted by atomic mass is 16.4. The van der Waals surface area contributed by atoms with E-state index in [2.05, 4.69) is 5.32 Å². The molecule has 0 amide bonds. The molecule has 6 heteroatoms. The van der Waals surface area contributed by atoms with Gasteiger partial charge in [0.2, 0.25) is 0 Å². The van der Waals surface area contributed by atoms with E-state index >= 15 is 0 Å². The Morgan fingerprint density at radius 1 is 1.47 bits per heavy atom. The van der Waals surface area contributed by atoms with Gasteiger partial charge in [0.05, 0.1) is 5.41 Å². The molecule has 0 unspecified atom stereocenters. The zero-order chi connectivity index (χ0) is 12.9. The van der Waals surface area contributed by atoms with Crippen LogP contribution in [0.2, 0.25) is 6.32 Å². The summed E-state index contributed by atoms with van der Waals surface area (Å²) < 4.78 is 0. The van der Waals surface area contributed by atoms with Gasteiger partial charge >= 0.3 is 13.1 Å². The fraction of sp³-hybridized carbons (Fsp3) is 0.909. The van der Waals surface area contributed by atoms with Gasteiger partial charge in [0.1, 0.15) is 0 Å². The average Bonchev–Trinajstić information content (AvgIpc) is 2.69. The lowest BCUT2D eigenvalue weighted by atomic mass is 9.78. The van der Waals surface area contributed by atoms with Crippen molar-refractivity contribution in [3.8, 4) is 0 Å². The van der Waals surface area contributed by atoms with Crippen molar-refractivity contribution in [2.24, 2.45) is 5.41 Å². The van der Waals surface area contributed by atoms with Crippen molar-refractivity contribution < 1.29 is 19.9 Å². The third-order valence-electron chi connectivity index (χ3n) is 3.84. The highest BCUT2D eigenvalue weighted by Crippen LogP contribution is 2.42. The molecular formula is C11H22BNO4. The van der Waals surface area contributed by atoms with Crippen LogP contribution >= 0.6 is 0 Å². The molecule has 1 rings (SSSR count). The standard InChI is InChI=1S/C11H22BNO4/c1-13-9-4-6-11(8-9,10(14)15)5-2-3-7-12(16)17/h9,13,16-17H,2-8H2,1H3,(H,14,15)/t9-,11+/m0/s1. The smallest absolute Gasteiger partial charge is 0.451 e. The van der Waals surface area contributed by atoms with Crippen LogP contribution in [0.5, 0.6) is 0 Å². The van der Waals surface area contributed by atoms with Crippen LogP contribution in [-0.2, 0) is 4.79 Å². The molecule has 0 aromatic carbocycles. The van der Waals surface area contributed by atoms with Gasteiger partial charge in [-0.25, -0.2) is 0 Å². The van der Waals surface area contributed by atoms with Gasteiger partial charge in [-0.15, -0.1) is 0 Å². The lowest BCUT2D eigenvalue weighted by Gasteiger charge is -2.24. The number of hydrogen-bond acceptors (Lipinski definition) is 4. The van der Waals surface area contributed by atoms with Gasteiger partial charge in [-0.1, -0.05) is 12.8 Å². The number of unbranched alkanes of at least 4 members (excludes halogenated alkanes) is 1. The molecule has 2 atom stereocenters. The summed E-state index contributed by atoms with van der Waals surface area (Å²) in [5.41, 5.74) is -0.603. The van der Waals surface area contributed by atoms with Crippen LogP contribution in [-0.4, -0.2) is 41.3 Å². The van der Waals surface area contributed by atoms with Crippen LogP contribution in [0.25, 0.3) is 0 Å². The topological polar surface area (TPSA) is 89.8 Å². The van der Waals surface area contributed by atoms with E-state index in [1.165, 1.54) is 0 Å². The van der Waals surface area contributed by atoms with E-state index in [0.29, 0.717) is 31.6 Å². The number of aliphatic carboxylic acids is 1. The number of nitrogens with one attached hydrogen (secondary N) is 1. The first-order valence-electron chi connectivity index (χ1n) is 6.27. The fourth-order valence-electron chi connectivity index (χ4n) is 2.69. The molecule has 0 radical (unpaired) electrons. The molecule has 1 aliphatic carbocycles. The molecule has 0 spiro atoms. The van der Waals surface area contributed by atoms with E-state index in [-0.39, 0.29) is 0 Å². The molecule has 98 valence electrons. The average molecular weight is 243 g/mol. The Morgan fingerprint density at radius 2 is 2.18 bits per heavy atom. The van der Waals surface area contributed by atoms with E-state index < -0.39 is 18.5 Å². The quantitative estimate of drug-likeness (QED) is 0.385. The van der Waals surface area contributed by atoms with Gasteiger partial charge in [-0.2, -0.15) is 0 Å². The van der Waals surface area contributed by atoms with Crippen molar-refractivity contribution >= 4 is 13.1 Å². The summed E-state index contributed by atoms with van der Waals surface area (Å²) in [6.45, 7) is 0. The summed E-state index contributed by atoms with van der Waals surface area (Å²) in [5, 5.41) is 30.0. The minimum atomic E-state index is -1.27. The summed E-state index contributed by atoms with van der Waals surface area (Å²) in [5.74, 6) is -0.709. The van der Waals surface area contributed by atoms with Crippen molar-refractivity contribution in [1.82, 2.24) is 5.32 Å². The van der Waals surface area contributed by atoms with Crippen LogP contribution in [0.15, 0.2) is 0 Å². The lowest BCUT2D eigenvalue weighted by Crippen LogP contribution is -2.31. The second-order valence-corrected chi connectivity index (χ2v) is 5.04. The maximum absolute atomic E-state index is 11.4. The van der Waals surface area contributed by atoms with E-state index in [9.17, 15) is 9.90 Å². The Morgan fingerprint density at radius 3 is 2.65 bits per heavy atom.